The molecule has 2 atom stereocenters. The third-order valence-corrected chi connectivity index (χ3v) is 6.79. The van der Waals surface area contributed by atoms with Crippen LogP contribution in [0.1, 0.15) is 70.8 Å². The molecule has 2 aromatic rings. The van der Waals surface area contributed by atoms with E-state index in [0.717, 1.165) is 42.4 Å². The Bertz CT molecular complexity index is 952. The first-order chi connectivity index (χ1) is 14.3. The first-order valence-corrected chi connectivity index (χ1v) is 12.1. The number of carbonyl (C=O) groups is 1. The standard InChI is InChI=1S/C21H30N6O2S/c1-21(2,3)29-20(28)26-14-7-8-15(26)10-13(9-14)23-18-25-19(30-4)24-17-16(12-5-6-12)11-22-27(17)18/h11-15H,5-10H2,1-4H3,(H,23,24,25). The number of anilines is 1. The van der Waals surface area contributed by atoms with E-state index in [-0.39, 0.29) is 24.2 Å². The summed E-state index contributed by atoms with van der Waals surface area (Å²) in [5, 5.41) is 9.00. The molecule has 2 unspecified atom stereocenters. The van der Waals surface area contributed by atoms with E-state index in [1.165, 1.54) is 18.4 Å². The van der Waals surface area contributed by atoms with Crippen LogP contribution in [0.3, 0.4) is 0 Å². The smallest absolute Gasteiger partial charge is 0.410 e. The van der Waals surface area contributed by atoms with E-state index >= 15 is 0 Å². The number of hydrogen-bond donors (Lipinski definition) is 1. The lowest BCUT2D eigenvalue weighted by Gasteiger charge is -2.39. The predicted molar refractivity (Wildman–Crippen MR) is 116 cm³/mol. The van der Waals surface area contributed by atoms with Crippen molar-refractivity contribution in [1.29, 1.82) is 0 Å². The molecule has 0 spiro atoms. The number of nitrogens with one attached hydrogen (secondary N) is 1. The van der Waals surface area contributed by atoms with Crippen LogP contribution in [0.25, 0.3) is 5.65 Å². The summed E-state index contributed by atoms with van der Waals surface area (Å²) < 4.78 is 7.52. The lowest BCUT2D eigenvalue weighted by molar-refractivity contribution is 0.00681. The molecule has 5 rings (SSSR count). The maximum atomic E-state index is 12.7. The second kappa shape index (κ2) is 7.28. The number of fused-ring (bicyclic) bond motifs is 3. The zero-order valence-corrected chi connectivity index (χ0v) is 18.9. The number of carbonyl (C=O) groups excluding carboxylic acids is 1. The molecule has 1 amide bonds. The summed E-state index contributed by atoms with van der Waals surface area (Å²) in [5.74, 6) is 1.35. The molecule has 0 radical (unpaired) electrons. The summed E-state index contributed by atoms with van der Waals surface area (Å²) in [5.41, 5.74) is 1.69. The Morgan fingerprint density at radius 2 is 1.87 bits per heavy atom. The van der Waals surface area contributed by atoms with E-state index in [1.807, 2.05) is 42.6 Å². The average molecular weight is 431 g/mol. The highest BCUT2D eigenvalue weighted by Crippen LogP contribution is 2.42. The fourth-order valence-electron chi connectivity index (χ4n) is 4.83. The Morgan fingerprint density at radius 1 is 1.17 bits per heavy atom. The number of nitrogens with zero attached hydrogens (tertiary/aromatic N) is 5. The molecule has 1 aliphatic carbocycles. The maximum Gasteiger partial charge on any atom is 0.410 e. The number of ether oxygens (including phenoxy) is 1. The summed E-state index contributed by atoms with van der Waals surface area (Å²) in [6.45, 7) is 5.76. The van der Waals surface area contributed by atoms with Gasteiger partial charge in [0.15, 0.2) is 10.8 Å². The number of piperidine rings is 1. The molecule has 1 N–H and O–H groups in total. The Kier molecular flexibility index (Phi) is 4.83. The van der Waals surface area contributed by atoms with Crippen LogP contribution in [0.4, 0.5) is 10.7 Å². The average Bonchev–Trinajstić information content (AvgIpc) is 3.36. The highest BCUT2D eigenvalue weighted by molar-refractivity contribution is 7.98. The van der Waals surface area contributed by atoms with Crippen LogP contribution < -0.4 is 5.32 Å². The number of hydrogen-bond acceptors (Lipinski definition) is 7. The van der Waals surface area contributed by atoms with Gasteiger partial charge in [-0.25, -0.2) is 9.78 Å². The van der Waals surface area contributed by atoms with Crippen molar-refractivity contribution in [1.82, 2.24) is 24.5 Å². The van der Waals surface area contributed by atoms with E-state index in [1.54, 1.807) is 11.8 Å². The maximum absolute atomic E-state index is 12.7. The molecule has 3 aliphatic rings. The Hall–Kier alpha value is -2.03. The molecular weight excluding hydrogens is 400 g/mol. The van der Waals surface area contributed by atoms with E-state index in [2.05, 4.69) is 10.4 Å². The minimum absolute atomic E-state index is 0.177. The molecule has 2 bridgehead atoms. The monoisotopic (exact) mass is 430 g/mol. The lowest BCUT2D eigenvalue weighted by atomic mass is 9.98. The van der Waals surface area contributed by atoms with Gasteiger partial charge in [0.05, 0.1) is 6.20 Å². The van der Waals surface area contributed by atoms with Gasteiger partial charge in [-0.1, -0.05) is 11.8 Å². The predicted octanol–water partition coefficient (Wildman–Crippen LogP) is 4.07. The summed E-state index contributed by atoms with van der Waals surface area (Å²) in [4.78, 5) is 24.1. The largest absolute Gasteiger partial charge is 0.444 e. The Labute approximate surface area is 181 Å². The van der Waals surface area contributed by atoms with Gasteiger partial charge in [0.25, 0.3) is 0 Å². The Morgan fingerprint density at radius 3 is 2.47 bits per heavy atom. The Balaban J connectivity index is 1.35. The van der Waals surface area contributed by atoms with Crippen molar-refractivity contribution in [3.63, 3.8) is 0 Å². The van der Waals surface area contributed by atoms with Crippen molar-refractivity contribution in [2.45, 2.75) is 94.1 Å². The first kappa shape index (κ1) is 19.9. The molecule has 162 valence electrons. The molecule has 0 aromatic carbocycles. The van der Waals surface area contributed by atoms with Crippen molar-refractivity contribution in [2.24, 2.45) is 0 Å². The van der Waals surface area contributed by atoms with Crippen LogP contribution in [-0.2, 0) is 4.74 Å². The summed E-state index contributed by atoms with van der Waals surface area (Å²) >= 11 is 1.55. The minimum Gasteiger partial charge on any atom is -0.444 e. The molecule has 4 heterocycles. The molecule has 2 saturated heterocycles. The van der Waals surface area contributed by atoms with Crippen LogP contribution in [-0.4, -0.2) is 60.6 Å². The normalized spacial score (nSPS) is 26.3. The number of thioether (sulfide) groups is 1. The van der Waals surface area contributed by atoms with Gasteiger partial charge in [-0.3, -0.25) is 0 Å². The second-order valence-electron chi connectivity index (χ2n) is 9.73. The first-order valence-electron chi connectivity index (χ1n) is 10.9. The molecule has 1 saturated carbocycles. The van der Waals surface area contributed by atoms with Crippen LogP contribution in [0.5, 0.6) is 0 Å². The summed E-state index contributed by atoms with van der Waals surface area (Å²) in [6, 6.07) is 0.684. The van der Waals surface area contributed by atoms with Crippen molar-refractivity contribution in [2.75, 3.05) is 11.6 Å². The van der Waals surface area contributed by atoms with E-state index < -0.39 is 5.60 Å². The van der Waals surface area contributed by atoms with E-state index in [4.69, 9.17) is 14.7 Å². The summed E-state index contributed by atoms with van der Waals surface area (Å²) in [6.07, 6.45) is 10.1. The van der Waals surface area contributed by atoms with E-state index in [0.29, 0.717) is 5.92 Å². The van der Waals surface area contributed by atoms with Gasteiger partial charge in [0.1, 0.15) is 5.60 Å². The quantitative estimate of drug-likeness (QED) is 0.732. The van der Waals surface area contributed by atoms with E-state index in [9.17, 15) is 4.79 Å². The highest BCUT2D eigenvalue weighted by Gasteiger charge is 2.45. The van der Waals surface area contributed by atoms with Gasteiger partial charge < -0.3 is 15.0 Å². The fraction of sp³-hybridized carbons (Fsp3) is 0.714. The zero-order chi connectivity index (χ0) is 21.0. The van der Waals surface area contributed by atoms with Gasteiger partial charge in [-0.05, 0) is 71.5 Å². The van der Waals surface area contributed by atoms with Gasteiger partial charge in [-0.15, -0.1) is 0 Å². The highest BCUT2D eigenvalue weighted by atomic mass is 32.2. The van der Waals surface area contributed by atoms with Crippen molar-refractivity contribution >= 4 is 29.5 Å². The van der Waals surface area contributed by atoms with Crippen LogP contribution >= 0.6 is 11.8 Å². The van der Waals surface area contributed by atoms with Crippen molar-refractivity contribution in [3.05, 3.63) is 11.8 Å². The number of aromatic nitrogens is 4. The van der Waals surface area contributed by atoms with Crippen LogP contribution in [0.2, 0.25) is 0 Å². The van der Waals surface area contributed by atoms with Crippen LogP contribution in [0.15, 0.2) is 11.4 Å². The summed E-state index contributed by atoms with van der Waals surface area (Å²) in [7, 11) is 0. The molecule has 2 aliphatic heterocycles. The molecule has 3 fully saturated rings. The molecule has 8 nitrogen and oxygen atoms in total. The topological polar surface area (TPSA) is 84.7 Å². The molecule has 9 heteroatoms. The van der Waals surface area contributed by atoms with Gasteiger partial charge in [-0.2, -0.15) is 14.6 Å². The minimum atomic E-state index is -0.467. The number of rotatable bonds is 4. The van der Waals surface area contributed by atoms with Crippen molar-refractivity contribution < 1.29 is 9.53 Å². The lowest BCUT2D eigenvalue weighted by Crippen LogP contribution is -2.51. The number of amides is 1. The van der Waals surface area contributed by atoms with Gasteiger partial charge >= 0.3 is 6.09 Å². The SMILES string of the molecule is CSc1nc(NC2CC3CCC(C2)N3C(=O)OC(C)(C)C)n2ncc(C3CC3)c2n1. The third kappa shape index (κ3) is 3.72. The fourth-order valence-corrected chi connectivity index (χ4v) is 5.19. The van der Waals surface area contributed by atoms with Crippen molar-refractivity contribution in [3.8, 4) is 0 Å². The third-order valence-electron chi connectivity index (χ3n) is 6.25. The second-order valence-corrected chi connectivity index (χ2v) is 10.5. The van der Waals surface area contributed by atoms with Gasteiger partial charge in [0.2, 0.25) is 5.95 Å². The van der Waals surface area contributed by atoms with Crippen LogP contribution in [0, 0.1) is 0 Å². The molecular formula is C21H30N6O2S. The molecule has 30 heavy (non-hydrogen) atoms. The zero-order valence-electron chi connectivity index (χ0n) is 18.1. The molecule has 2 aromatic heterocycles. The van der Waals surface area contributed by atoms with Gasteiger partial charge in [0, 0.05) is 23.7 Å².